The molecule has 0 fully saturated rings. The van der Waals surface area contributed by atoms with Crippen LogP contribution < -0.4 is 10.2 Å². The molecule has 14 heteroatoms. The third kappa shape index (κ3) is 6.49. The summed E-state index contributed by atoms with van der Waals surface area (Å²) in [6, 6.07) is 4.47. The molecule has 4 heterocycles. The van der Waals surface area contributed by atoms with E-state index in [9.17, 15) is 26.3 Å². The highest BCUT2D eigenvalue weighted by Gasteiger charge is 2.36. The molecule has 4 aromatic rings. The summed E-state index contributed by atoms with van der Waals surface area (Å²) in [5.74, 6) is 0.216. The van der Waals surface area contributed by atoms with Crippen LogP contribution in [0.4, 0.5) is 43.7 Å². The summed E-state index contributed by atoms with van der Waals surface area (Å²) in [6.07, 6.45) is -3.39. The van der Waals surface area contributed by atoms with Crippen molar-refractivity contribution in [3.8, 4) is 11.4 Å². The normalized spacial score (nSPS) is 12.1. The number of pyridine rings is 2. The lowest BCUT2D eigenvalue weighted by molar-refractivity contribution is -0.138. The minimum atomic E-state index is -4.73. The first-order valence-corrected chi connectivity index (χ1v) is 12.1. The van der Waals surface area contributed by atoms with Gasteiger partial charge < -0.3 is 10.2 Å². The molecule has 0 aliphatic rings. The van der Waals surface area contributed by atoms with E-state index in [1.165, 1.54) is 12.3 Å². The van der Waals surface area contributed by atoms with Crippen molar-refractivity contribution < 1.29 is 26.3 Å². The molecule has 0 bridgehead atoms. The molecule has 0 spiro atoms. The van der Waals surface area contributed by atoms with E-state index in [1.807, 2.05) is 13.8 Å². The van der Waals surface area contributed by atoms with Gasteiger partial charge in [-0.05, 0) is 37.6 Å². The van der Waals surface area contributed by atoms with Gasteiger partial charge >= 0.3 is 12.4 Å². The number of hydrogen-bond acceptors (Lipinski definition) is 8. The van der Waals surface area contributed by atoms with Gasteiger partial charge in [0.15, 0.2) is 11.5 Å². The molecule has 0 amide bonds. The number of rotatable bonds is 9. The molecule has 39 heavy (non-hydrogen) atoms. The Bertz CT molecular complexity index is 1420. The molecule has 4 aromatic heterocycles. The Morgan fingerprint density at radius 2 is 1.67 bits per heavy atom. The van der Waals surface area contributed by atoms with E-state index in [2.05, 4.69) is 35.5 Å². The Morgan fingerprint density at radius 3 is 2.31 bits per heavy atom. The molecular formula is C25H24F6N8. The predicted octanol–water partition coefficient (Wildman–Crippen LogP) is 6.67. The third-order valence-electron chi connectivity index (χ3n) is 5.87. The average Bonchev–Trinajstić information content (AvgIpc) is 2.90. The van der Waals surface area contributed by atoms with E-state index in [0.29, 0.717) is 25.0 Å². The monoisotopic (exact) mass is 550 g/mol. The summed E-state index contributed by atoms with van der Waals surface area (Å²) in [4.78, 5) is 18.0. The Morgan fingerprint density at radius 1 is 0.872 bits per heavy atom. The maximum atomic E-state index is 14.1. The summed E-state index contributed by atoms with van der Waals surface area (Å²) in [6.45, 7) is 4.90. The summed E-state index contributed by atoms with van der Waals surface area (Å²) < 4.78 is 80.6. The van der Waals surface area contributed by atoms with Crippen LogP contribution in [0.5, 0.6) is 0 Å². The fraction of sp³-hybridized carbons (Fsp3) is 0.360. The highest BCUT2D eigenvalue weighted by atomic mass is 19.4. The van der Waals surface area contributed by atoms with Gasteiger partial charge in [-0.2, -0.15) is 26.3 Å². The largest absolute Gasteiger partial charge is 0.418 e. The third-order valence-corrected chi connectivity index (χ3v) is 5.87. The Labute approximate surface area is 219 Å². The maximum absolute atomic E-state index is 14.1. The fourth-order valence-corrected chi connectivity index (χ4v) is 3.84. The van der Waals surface area contributed by atoms with E-state index >= 15 is 0 Å². The van der Waals surface area contributed by atoms with Crippen molar-refractivity contribution in [3.63, 3.8) is 0 Å². The van der Waals surface area contributed by atoms with Gasteiger partial charge in [0.05, 0.1) is 23.0 Å². The fourth-order valence-electron chi connectivity index (χ4n) is 3.84. The van der Waals surface area contributed by atoms with E-state index in [1.54, 1.807) is 4.90 Å². The highest BCUT2D eigenvalue weighted by Crippen LogP contribution is 2.37. The number of aromatic nitrogens is 6. The number of halogens is 6. The molecular weight excluding hydrogens is 526 g/mol. The first-order valence-electron chi connectivity index (χ1n) is 12.1. The van der Waals surface area contributed by atoms with E-state index in [4.69, 9.17) is 0 Å². The second kappa shape index (κ2) is 11.3. The first-order chi connectivity index (χ1) is 18.5. The predicted molar refractivity (Wildman–Crippen MR) is 133 cm³/mol. The zero-order valence-corrected chi connectivity index (χ0v) is 21.0. The van der Waals surface area contributed by atoms with E-state index < -0.39 is 29.2 Å². The highest BCUT2D eigenvalue weighted by molar-refractivity contribution is 5.87. The Balaban J connectivity index is 1.67. The van der Waals surface area contributed by atoms with Crippen molar-refractivity contribution in [1.29, 1.82) is 0 Å². The number of hydrogen-bond donors (Lipinski definition) is 1. The molecule has 8 nitrogen and oxygen atoms in total. The van der Waals surface area contributed by atoms with Gasteiger partial charge in [0.1, 0.15) is 22.7 Å². The lowest BCUT2D eigenvalue weighted by atomic mass is 10.1. The smallest absolute Gasteiger partial charge is 0.355 e. The van der Waals surface area contributed by atoms with E-state index in [-0.39, 0.29) is 28.5 Å². The minimum absolute atomic E-state index is 0.00170. The summed E-state index contributed by atoms with van der Waals surface area (Å²) in [5, 5.41) is 10.8. The molecule has 1 N–H and O–H groups in total. The van der Waals surface area contributed by atoms with Crippen LogP contribution in [0.1, 0.15) is 44.2 Å². The summed E-state index contributed by atoms with van der Waals surface area (Å²) in [7, 11) is 0. The second-order valence-corrected chi connectivity index (χ2v) is 8.59. The SMILES string of the molecule is CCCCCN(CC)c1cc(C(F)(F)F)c(-c2cnc3c(Nc4ccc(C(F)(F)F)cn4)ccnc3n2)nn1. The van der Waals surface area contributed by atoms with Crippen LogP contribution in [-0.2, 0) is 12.4 Å². The van der Waals surface area contributed by atoms with Crippen LogP contribution >= 0.6 is 0 Å². The van der Waals surface area contributed by atoms with Gasteiger partial charge in [-0.1, -0.05) is 19.8 Å². The van der Waals surface area contributed by atoms with Crippen LogP contribution in [0.25, 0.3) is 22.6 Å². The van der Waals surface area contributed by atoms with E-state index in [0.717, 1.165) is 43.7 Å². The number of alkyl halides is 6. The van der Waals surface area contributed by atoms with Gasteiger partial charge in [-0.3, -0.25) is 0 Å². The van der Waals surface area contributed by atoms with Gasteiger partial charge in [0.25, 0.3) is 0 Å². The number of fused-ring (bicyclic) bond motifs is 1. The molecule has 0 unspecified atom stereocenters. The molecule has 4 rings (SSSR count). The lowest BCUT2D eigenvalue weighted by Crippen LogP contribution is -2.26. The van der Waals surface area contributed by atoms with Gasteiger partial charge in [0.2, 0.25) is 0 Å². The molecule has 0 radical (unpaired) electrons. The summed E-state index contributed by atoms with van der Waals surface area (Å²) in [5.41, 5.74) is -2.11. The minimum Gasteiger partial charge on any atom is -0.355 e. The number of anilines is 3. The molecule has 206 valence electrons. The zero-order chi connectivity index (χ0) is 28.2. The van der Waals surface area contributed by atoms with Crippen molar-refractivity contribution in [2.24, 2.45) is 0 Å². The zero-order valence-electron chi connectivity index (χ0n) is 21.0. The van der Waals surface area contributed by atoms with Crippen LogP contribution in [0.15, 0.2) is 42.9 Å². The van der Waals surface area contributed by atoms with Crippen LogP contribution in [0, 0.1) is 0 Å². The van der Waals surface area contributed by atoms with Crippen LogP contribution in [-0.4, -0.2) is 43.2 Å². The van der Waals surface area contributed by atoms with Crippen molar-refractivity contribution in [2.75, 3.05) is 23.3 Å². The Kier molecular flexibility index (Phi) is 8.11. The molecule has 0 saturated carbocycles. The number of unbranched alkanes of at least 4 members (excludes halogenated alkanes) is 2. The Hall–Kier alpha value is -4.10. The molecule has 0 aromatic carbocycles. The van der Waals surface area contributed by atoms with Crippen molar-refractivity contribution >= 4 is 28.5 Å². The van der Waals surface area contributed by atoms with Crippen LogP contribution in [0.2, 0.25) is 0 Å². The van der Waals surface area contributed by atoms with Crippen molar-refractivity contribution in [2.45, 2.75) is 45.5 Å². The molecule has 0 saturated heterocycles. The molecule has 0 aliphatic carbocycles. The maximum Gasteiger partial charge on any atom is 0.418 e. The van der Waals surface area contributed by atoms with Crippen LogP contribution in [0.3, 0.4) is 0 Å². The topological polar surface area (TPSA) is 92.6 Å². The number of nitrogens with zero attached hydrogens (tertiary/aromatic N) is 7. The van der Waals surface area contributed by atoms with Crippen molar-refractivity contribution in [3.05, 3.63) is 54.0 Å². The summed E-state index contributed by atoms with van der Waals surface area (Å²) >= 11 is 0. The second-order valence-electron chi connectivity index (χ2n) is 8.59. The molecule has 0 aliphatic heterocycles. The lowest BCUT2D eigenvalue weighted by Gasteiger charge is -2.23. The number of nitrogens with one attached hydrogen (secondary N) is 1. The van der Waals surface area contributed by atoms with Gasteiger partial charge in [-0.25, -0.2) is 19.9 Å². The van der Waals surface area contributed by atoms with Gasteiger partial charge in [0, 0.05) is 25.5 Å². The quantitative estimate of drug-likeness (QED) is 0.182. The molecule has 0 atom stereocenters. The van der Waals surface area contributed by atoms with Gasteiger partial charge in [-0.15, -0.1) is 10.2 Å². The van der Waals surface area contributed by atoms with Crippen molar-refractivity contribution in [1.82, 2.24) is 30.1 Å². The average molecular weight is 551 g/mol. The first kappa shape index (κ1) is 27.9. The standard InChI is InChI=1S/C25H24F6N8/c1-3-5-6-11-39(4-2)20-12-16(25(29,30)31)21(38-37-20)18-14-34-22-17(9-10-32-23(22)36-18)35-19-8-7-15(13-33-19)24(26,27)28/h7-10,12-14H,3-6,11H2,1-2H3,(H,32,33,35,36).